The van der Waals surface area contributed by atoms with Gasteiger partial charge < -0.3 is 9.64 Å². The first-order valence-corrected chi connectivity index (χ1v) is 12.3. The van der Waals surface area contributed by atoms with Crippen molar-refractivity contribution in [3.05, 3.63) is 100 Å². The van der Waals surface area contributed by atoms with Crippen LogP contribution in [0.1, 0.15) is 20.7 Å². The number of amides is 1. The first kappa shape index (κ1) is 23.0. The summed E-state index contributed by atoms with van der Waals surface area (Å²) in [6.45, 7) is 2.18. The van der Waals surface area contributed by atoms with Crippen molar-refractivity contribution in [2.24, 2.45) is 0 Å². The molecule has 2 heterocycles. The molecule has 0 atom stereocenters. The van der Waals surface area contributed by atoms with Crippen LogP contribution >= 0.6 is 11.8 Å². The lowest BCUT2D eigenvalue weighted by Gasteiger charge is -2.26. The fourth-order valence-corrected chi connectivity index (χ4v) is 4.88. The number of carbonyl (C=O) groups excluding carboxylic acids is 2. The number of para-hydroxylation sites is 1. The number of carbonyl (C=O) groups is 2. The van der Waals surface area contributed by atoms with E-state index in [4.69, 9.17) is 9.72 Å². The molecule has 35 heavy (non-hydrogen) atoms. The topological polar surface area (TPSA) is 81.5 Å². The van der Waals surface area contributed by atoms with Crippen molar-refractivity contribution in [1.29, 1.82) is 0 Å². The average Bonchev–Trinajstić information content (AvgIpc) is 2.92. The Morgan fingerprint density at radius 2 is 1.54 bits per heavy atom. The lowest BCUT2D eigenvalue weighted by molar-refractivity contribution is 0.0303. The molecule has 8 heteroatoms. The molecule has 0 saturated carbocycles. The van der Waals surface area contributed by atoms with Gasteiger partial charge in [-0.15, -0.1) is 0 Å². The molecule has 1 aliphatic rings. The molecule has 0 unspecified atom stereocenters. The van der Waals surface area contributed by atoms with E-state index in [1.54, 1.807) is 59.5 Å². The van der Waals surface area contributed by atoms with E-state index < -0.39 is 0 Å². The minimum absolute atomic E-state index is 0.0454. The maximum absolute atomic E-state index is 13.5. The zero-order valence-corrected chi connectivity index (χ0v) is 19.7. The van der Waals surface area contributed by atoms with Crippen LogP contribution in [0, 0.1) is 0 Å². The molecule has 3 aromatic carbocycles. The molecule has 0 bridgehead atoms. The number of Topliss-reactive ketones (excluding diaryl/α,β-unsaturated/α-hetero) is 1. The van der Waals surface area contributed by atoms with Crippen LogP contribution in [0.4, 0.5) is 0 Å². The summed E-state index contributed by atoms with van der Waals surface area (Å²) < 4.78 is 6.84. The summed E-state index contributed by atoms with van der Waals surface area (Å²) >= 11 is 1.22. The highest BCUT2D eigenvalue weighted by atomic mass is 32.2. The van der Waals surface area contributed by atoms with Crippen LogP contribution in [-0.4, -0.2) is 58.2 Å². The number of rotatable bonds is 6. The fourth-order valence-electron chi connectivity index (χ4n) is 3.98. The Labute approximate surface area is 206 Å². The van der Waals surface area contributed by atoms with Crippen molar-refractivity contribution in [2.75, 3.05) is 32.1 Å². The van der Waals surface area contributed by atoms with Gasteiger partial charge in [-0.25, -0.2) is 4.98 Å². The Hall–Kier alpha value is -3.75. The molecule has 1 amide bonds. The van der Waals surface area contributed by atoms with Gasteiger partial charge in [-0.3, -0.25) is 19.0 Å². The van der Waals surface area contributed by atoms with Crippen molar-refractivity contribution in [2.45, 2.75) is 5.16 Å². The fraction of sp³-hybridized carbons (Fsp3) is 0.185. The summed E-state index contributed by atoms with van der Waals surface area (Å²) in [6, 6.07) is 23.1. The summed E-state index contributed by atoms with van der Waals surface area (Å²) in [5.74, 6) is 0.0328. The lowest BCUT2D eigenvalue weighted by Crippen LogP contribution is -2.40. The Bertz CT molecular complexity index is 1430. The van der Waals surface area contributed by atoms with Gasteiger partial charge in [0.2, 0.25) is 0 Å². The van der Waals surface area contributed by atoms with Crippen LogP contribution in [0.25, 0.3) is 16.6 Å². The van der Waals surface area contributed by atoms with Crippen LogP contribution in [0.5, 0.6) is 0 Å². The molecule has 0 N–H and O–H groups in total. The number of morpholine rings is 1. The molecule has 1 aliphatic heterocycles. The van der Waals surface area contributed by atoms with Crippen LogP contribution < -0.4 is 5.56 Å². The quantitative estimate of drug-likeness (QED) is 0.235. The van der Waals surface area contributed by atoms with Gasteiger partial charge in [0.25, 0.3) is 11.5 Å². The summed E-state index contributed by atoms with van der Waals surface area (Å²) in [4.78, 5) is 45.4. The number of benzene rings is 3. The van der Waals surface area contributed by atoms with Crippen LogP contribution in [0.3, 0.4) is 0 Å². The summed E-state index contributed by atoms with van der Waals surface area (Å²) in [5, 5.41) is 0.907. The van der Waals surface area contributed by atoms with E-state index in [1.807, 2.05) is 24.3 Å². The second-order valence-electron chi connectivity index (χ2n) is 8.08. The summed E-state index contributed by atoms with van der Waals surface area (Å²) in [6.07, 6.45) is 0. The van der Waals surface area contributed by atoms with Crippen LogP contribution in [0.15, 0.2) is 88.8 Å². The van der Waals surface area contributed by atoms with Gasteiger partial charge in [0.1, 0.15) is 0 Å². The van der Waals surface area contributed by atoms with E-state index >= 15 is 0 Å². The second kappa shape index (κ2) is 10.2. The van der Waals surface area contributed by atoms with E-state index in [9.17, 15) is 14.4 Å². The zero-order chi connectivity index (χ0) is 24.2. The van der Waals surface area contributed by atoms with E-state index in [0.717, 1.165) is 0 Å². The molecular weight excluding hydrogens is 462 g/mol. The number of hydrogen-bond donors (Lipinski definition) is 0. The maximum atomic E-state index is 13.5. The molecule has 1 aromatic heterocycles. The molecule has 4 aromatic rings. The van der Waals surface area contributed by atoms with Gasteiger partial charge in [-0.05, 0) is 36.4 Å². The third-order valence-electron chi connectivity index (χ3n) is 5.84. The van der Waals surface area contributed by atoms with Crippen LogP contribution in [0.2, 0.25) is 0 Å². The third kappa shape index (κ3) is 4.89. The highest BCUT2D eigenvalue weighted by molar-refractivity contribution is 7.99. The normalized spacial score (nSPS) is 13.7. The molecule has 176 valence electrons. The highest BCUT2D eigenvalue weighted by Crippen LogP contribution is 2.23. The Morgan fingerprint density at radius 1 is 0.857 bits per heavy atom. The smallest absolute Gasteiger partial charge is 0.266 e. The van der Waals surface area contributed by atoms with Crippen molar-refractivity contribution in [1.82, 2.24) is 14.5 Å². The number of nitrogens with zero attached hydrogens (tertiary/aromatic N) is 3. The molecule has 0 aliphatic carbocycles. The predicted molar refractivity (Wildman–Crippen MR) is 136 cm³/mol. The summed E-state index contributed by atoms with van der Waals surface area (Å²) in [5.41, 5.74) is 2.09. The van der Waals surface area contributed by atoms with Gasteiger partial charge >= 0.3 is 0 Å². The number of hydrogen-bond acceptors (Lipinski definition) is 6. The first-order chi connectivity index (χ1) is 17.1. The number of aromatic nitrogens is 2. The number of thioether (sulfide) groups is 1. The van der Waals surface area contributed by atoms with E-state index in [1.165, 1.54) is 16.3 Å². The highest BCUT2D eigenvalue weighted by Gasteiger charge is 2.20. The van der Waals surface area contributed by atoms with E-state index in [-0.39, 0.29) is 23.0 Å². The minimum atomic E-state index is -0.225. The van der Waals surface area contributed by atoms with E-state index in [0.29, 0.717) is 59.2 Å². The zero-order valence-electron chi connectivity index (χ0n) is 18.9. The minimum Gasteiger partial charge on any atom is -0.378 e. The molecule has 0 spiro atoms. The molecule has 1 saturated heterocycles. The predicted octanol–water partition coefficient (Wildman–Crippen LogP) is 3.83. The maximum Gasteiger partial charge on any atom is 0.266 e. The lowest BCUT2D eigenvalue weighted by atomic mass is 10.1. The van der Waals surface area contributed by atoms with Gasteiger partial charge in [0.05, 0.1) is 35.6 Å². The standard InChI is InChI=1S/C27H23N3O4S/c31-24(19-6-2-1-3-7-19)18-35-27-28-23-9-5-4-8-22(23)26(33)30(27)21-12-10-20(11-13-21)25(32)29-14-16-34-17-15-29/h1-13H,14-18H2. The Kier molecular flexibility index (Phi) is 6.74. The number of fused-ring (bicyclic) bond motifs is 1. The molecule has 1 fully saturated rings. The summed E-state index contributed by atoms with van der Waals surface area (Å²) in [7, 11) is 0. The monoisotopic (exact) mass is 485 g/mol. The molecule has 5 rings (SSSR count). The van der Waals surface area contributed by atoms with Crippen molar-refractivity contribution < 1.29 is 14.3 Å². The number of ether oxygens (including phenoxy) is 1. The van der Waals surface area contributed by atoms with Crippen molar-refractivity contribution >= 4 is 34.4 Å². The second-order valence-corrected chi connectivity index (χ2v) is 9.02. The average molecular weight is 486 g/mol. The molecule has 7 nitrogen and oxygen atoms in total. The van der Waals surface area contributed by atoms with Crippen molar-refractivity contribution in [3.8, 4) is 5.69 Å². The third-order valence-corrected chi connectivity index (χ3v) is 6.78. The Balaban J connectivity index is 1.48. The van der Waals surface area contributed by atoms with Gasteiger partial charge in [-0.1, -0.05) is 54.2 Å². The van der Waals surface area contributed by atoms with Gasteiger partial charge in [0, 0.05) is 24.2 Å². The van der Waals surface area contributed by atoms with Crippen LogP contribution in [-0.2, 0) is 4.74 Å². The van der Waals surface area contributed by atoms with Gasteiger partial charge in [0.15, 0.2) is 10.9 Å². The van der Waals surface area contributed by atoms with Crippen molar-refractivity contribution in [3.63, 3.8) is 0 Å². The number of ketones is 1. The largest absolute Gasteiger partial charge is 0.378 e. The van der Waals surface area contributed by atoms with E-state index in [2.05, 4.69) is 0 Å². The van der Waals surface area contributed by atoms with Gasteiger partial charge in [-0.2, -0.15) is 0 Å². The SMILES string of the molecule is O=C(CSc1nc2ccccc2c(=O)n1-c1ccc(C(=O)N2CCOCC2)cc1)c1ccccc1. The Morgan fingerprint density at radius 3 is 2.29 bits per heavy atom. The molecular formula is C27H23N3O4S. The first-order valence-electron chi connectivity index (χ1n) is 11.3. The molecule has 0 radical (unpaired) electrons.